The molecule has 5 nitrogen and oxygen atoms in total. The summed E-state index contributed by atoms with van der Waals surface area (Å²) in [5.41, 5.74) is 2.19. The van der Waals surface area contributed by atoms with E-state index in [1.54, 1.807) is 24.3 Å². The Morgan fingerprint density at radius 2 is 1.84 bits per heavy atom. The Labute approximate surface area is 191 Å². The number of carbonyl (C=O) groups is 2. The second-order valence-corrected chi connectivity index (χ2v) is 9.23. The smallest absolute Gasteiger partial charge is 0.300 e. The SMILES string of the molecule is Cc1ccc(N2C(=O)C(=O)/C(=C(\O)c3cccc(OCC(C)C)c3)C2c2cccs2)cc1. The molecule has 4 rings (SSSR count). The van der Waals surface area contributed by atoms with Crippen molar-refractivity contribution in [3.63, 3.8) is 0 Å². The van der Waals surface area contributed by atoms with E-state index in [9.17, 15) is 14.7 Å². The van der Waals surface area contributed by atoms with Crippen molar-refractivity contribution in [2.75, 3.05) is 11.5 Å². The summed E-state index contributed by atoms with van der Waals surface area (Å²) < 4.78 is 5.78. The quantitative estimate of drug-likeness (QED) is 0.298. The summed E-state index contributed by atoms with van der Waals surface area (Å²) >= 11 is 1.44. The van der Waals surface area contributed by atoms with Gasteiger partial charge in [0.25, 0.3) is 11.7 Å². The van der Waals surface area contributed by atoms with Crippen LogP contribution >= 0.6 is 11.3 Å². The number of benzene rings is 2. The summed E-state index contributed by atoms with van der Waals surface area (Å²) in [6.07, 6.45) is 0. The van der Waals surface area contributed by atoms with Crippen molar-refractivity contribution in [2.45, 2.75) is 26.8 Å². The van der Waals surface area contributed by atoms with Gasteiger partial charge >= 0.3 is 0 Å². The number of Topliss-reactive ketones (excluding diaryl/α,β-unsaturated/α-hetero) is 1. The van der Waals surface area contributed by atoms with Gasteiger partial charge in [-0.15, -0.1) is 11.3 Å². The summed E-state index contributed by atoms with van der Waals surface area (Å²) in [5.74, 6) is -0.601. The zero-order valence-electron chi connectivity index (χ0n) is 18.2. The molecule has 1 saturated heterocycles. The number of aliphatic hydroxyl groups is 1. The van der Waals surface area contributed by atoms with Crippen LogP contribution < -0.4 is 9.64 Å². The van der Waals surface area contributed by atoms with E-state index in [4.69, 9.17) is 4.74 Å². The second kappa shape index (κ2) is 9.01. The van der Waals surface area contributed by atoms with Gasteiger partial charge in [0.15, 0.2) is 0 Å². The number of hydrogen-bond acceptors (Lipinski definition) is 5. The van der Waals surface area contributed by atoms with E-state index >= 15 is 0 Å². The highest BCUT2D eigenvalue weighted by molar-refractivity contribution is 7.10. The van der Waals surface area contributed by atoms with E-state index in [0.717, 1.165) is 10.4 Å². The molecular formula is C26H25NO4S. The third-order valence-electron chi connectivity index (χ3n) is 5.26. The van der Waals surface area contributed by atoms with E-state index in [2.05, 4.69) is 13.8 Å². The highest BCUT2D eigenvalue weighted by atomic mass is 32.1. The first-order valence-electron chi connectivity index (χ1n) is 10.5. The average Bonchev–Trinajstić information content (AvgIpc) is 3.40. The second-order valence-electron chi connectivity index (χ2n) is 8.25. The van der Waals surface area contributed by atoms with Crippen LogP contribution in [0.1, 0.15) is 35.9 Å². The molecule has 0 aliphatic carbocycles. The van der Waals surface area contributed by atoms with Gasteiger partial charge in [0.1, 0.15) is 17.6 Å². The first-order chi connectivity index (χ1) is 15.4. The zero-order valence-corrected chi connectivity index (χ0v) is 19.1. The third-order valence-corrected chi connectivity index (χ3v) is 6.18. The molecule has 1 aliphatic rings. The average molecular weight is 448 g/mol. The van der Waals surface area contributed by atoms with Gasteiger partial charge in [-0.2, -0.15) is 0 Å². The number of carbonyl (C=O) groups excluding carboxylic acids is 2. The Bertz CT molecular complexity index is 1160. The van der Waals surface area contributed by atoms with Crippen LogP contribution in [0.15, 0.2) is 71.6 Å². The molecule has 1 amide bonds. The number of amides is 1. The molecule has 0 bridgehead atoms. The number of anilines is 1. The molecule has 1 fully saturated rings. The number of thiophene rings is 1. The van der Waals surface area contributed by atoms with Gasteiger partial charge in [-0.25, -0.2) is 0 Å². The zero-order chi connectivity index (χ0) is 22.8. The Kier molecular flexibility index (Phi) is 6.15. The fourth-order valence-electron chi connectivity index (χ4n) is 3.67. The Morgan fingerprint density at radius 1 is 1.09 bits per heavy atom. The van der Waals surface area contributed by atoms with Crippen molar-refractivity contribution < 1.29 is 19.4 Å². The minimum atomic E-state index is -0.699. The Morgan fingerprint density at radius 3 is 2.50 bits per heavy atom. The molecule has 2 heterocycles. The van der Waals surface area contributed by atoms with E-state index in [-0.39, 0.29) is 11.3 Å². The van der Waals surface area contributed by atoms with Gasteiger partial charge < -0.3 is 9.84 Å². The molecule has 164 valence electrons. The Balaban J connectivity index is 1.82. The normalized spacial score (nSPS) is 17.9. The molecule has 0 saturated carbocycles. The van der Waals surface area contributed by atoms with Crippen LogP contribution in [0.5, 0.6) is 5.75 Å². The highest BCUT2D eigenvalue weighted by Crippen LogP contribution is 2.43. The van der Waals surface area contributed by atoms with E-state index in [1.807, 2.05) is 48.7 Å². The maximum absolute atomic E-state index is 13.1. The van der Waals surface area contributed by atoms with Crippen molar-refractivity contribution in [1.29, 1.82) is 0 Å². The van der Waals surface area contributed by atoms with Crippen molar-refractivity contribution in [3.8, 4) is 5.75 Å². The van der Waals surface area contributed by atoms with Gasteiger partial charge in [0.2, 0.25) is 0 Å². The summed E-state index contributed by atoms with van der Waals surface area (Å²) in [6, 6.07) is 17.5. The van der Waals surface area contributed by atoms with Crippen LogP contribution in [0, 0.1) is 12.8 Å². The monoisotopic (exact) mass is 447 g/mol. The van der Waals surface area contributed by atoms with Crippen molar-refractivity contribution in [2.24, 2.45) is 5.92 Å². The molecular weight excluding hydrogens is 422 g/mol. The van der Waals surface area contributed by atoms with Crippen molar-refractivity contribution in [1.82, 2.24) is 0 Å². The van der Waals surface area contributed by atoms with Gasteiger partial charge in [-0.1, -0.05) is 49.7 Å². The van der Waals surface area contributed by atoms with Crippen molar-refractivity contribution >= 4 is 34.5 Å². The lowest BCUT2D eigenvalue weighted by Gasteiger charge is -2.24. The predicted molar refractivity (Wildman–Crippen MR) is 127 cm³/mol. The molecule has 0 spiro atoms. The lowest BCUT2D eigenvalue weighted by atomic mass is 9.99. The minimum absolute atomic E-state index is 0.0824. The van der Waals surface area contributed by atoms with Gasteiger partial charge in [0.05, 0.1) is 12.2 Å². The molecule has 1 aliphatic heterocycles. The third kappa shape index (κ3) is 4.18. The summed E-state index contributed by atoms with van der Waals surface area (Å²) in [6.45, 7) is 6.61. The van der Waals surface area contributed by atoms with E-state index in [1.165, 1.54) is 16.2 Å². The van der Waals surface area contributed by atoms with E-state index < -0.39 is 17.7 Å². The number of aryl methyl sites for hydroxylation is 1. The largest absolute Gasteiger partial charge is 0.507 e. The number of nitrogens with zero attached hydrogens (tertiary/aromatic N) is 1. The van der Waals surface area contributed by atoms with Crippen LogP contribution in [0.2, 0.25) is 0 Å². The maximum atomic E-state index is 13.1. The Hall–Kier alpha value is -3.38. The summed E-state index contributed by atoms with van der Waals surface area (Å²) in [7, 11) is 0. The fourth-order valence-corrected chi connectivity index (χ4v) is 4.50. The van der Waals surface area contributed by atoms with Gasteiger partial charge in [0, 0.05) is 16.1 Å². The van der Waals surface area contributed by atoms with Crippen LogP contribution in [0.25, 0.3) is 5.76 Å². The molecule has 1 unspecified atom stereocenters. The number of rotatable bonds is 6. The van der Waals surface area contributed by atoms with Crippen LogP contribution in [-0.2, 0) is 9.59 Å². The molecule has 1 N–H and O–H groups in total. The van der Waals surface area contributed by atoms with Crippen LogP contribution in [-0.4, -0.2) is 23.4 Å². The number of ether oxygens (including phenoxy) is 1. The summed E-state index contributed by atoms with van der Waals surface area (Å²) in [5, 5.41) is 13.1. The maximum Gasteiger partial charge on any atom is 0.300 e. The number of ketones is 1. The van der Waals surface area contributed by atoms with Crippen LogP contribution in [0.3, 0.4) is 0 Å². The predicted octanol–water partition coefficient (Wildman–Crippen LogP) is 5.72. The van der Waals surface area contributed by atoms with Crippen LogP contribution in [0.4, 0.5) is 5.69 Å². The molecule has 2 aromatic carbocycles. The first kappa shape index (κ1) is 21.8. The number of hydrogen-bond donors (Lipinski definition) is 1. The topological polar surface area (TPSA) is 66.8 Å². The van der Waals surface area contributed by atoms with Crippen molar-refractivity contribution in [3.05, 3.63) is 87.6 Å². The van der Waals surface area contributed by atoms with Gasteiger partial charge in [-0.05, 0) is 48.6 Å². The molecule has 1 aromatic heterocycles. The highest BCUT2D eigenvalue weighted by Gasteiger charge is 2.47. The molecule has 1 atom stereocenters. The lowest BCUT2D eigenvalue weighted by molar-refractivity contribution is -0.132. The molecule has 32 heavy (non-hydrogen) atoms. The molecule has 6 heteroatoms. The standard InChI is InChI=1S/C26H25NO4S/c1-16(2)15-31-20-7-4-6-18(14-20)24(28)22-23(21-8-5-13-32-21)27(26(30)25(22)29)19-11-9-17(3)10-12-19/h4-14,16,23,28H,15H2,1-3H3/b24-22-. The summed E-state index contributed by atoms with van der Waals surface area (Å²) in [4.78, 5) is 28.5. The minimum Gasteiger partial charge on any atom is -0.507 e. The molecule has 0 radical (unpaired) electrons. The lowest BCUT2D eigenvalue weighted by Crippen LogP contribution is -2.29. The fraction of sp³-hybridized carbons (Fsp3) is 0.231. The number of aliphatic hydroxyl groups excluding tert-OH is 1. The van der Waals surface area contributed by atoms with E-state index in [0.29, 0.717) is 29.5 Å². The molecule has 3 aromatic rings. The first-order valence-corrected chi connectivity index (χ1v) is 11.4. The van der Waals surface area contributed by atoms with Gasteiger partial charge in [-0.3, -0.25) is 14.5 Å².